The number of nitrogens with zero attached hydrogens (tertiary/aromatic N) is 1. The normalized spacial score (nSPS) is 23.1. The van der Waals surface area contributed by atoms with Crippen LogP contribution in [0.25, 0.3) is 0 Å². The second-order valence-electron chi connectivity index (χ2n) is 4.39. The van der Waals surface area contributed by atoms with Gasteiger partial charge in [-0.25, -0.2) is 0 Å². The Morgan fingerprint density at radius 3 is 3.00 bits per heavy atom. The number of hydrogen-bond donors (Lipinski definition) is 0. The van der Waals surface area contributed by atoms with Crippen LogP contribution in [0.3, 0.4) is 0 Å². The average molecular weight is 211 g/mol. The van der Waals surface area contributed by atoms with Crippen LogP contribution in [-0.2, 0) is 9.53 Å². The zero-order valence-corrected chi connectivity index (χ0v) is 9.79. The van der Waals surface area contributed by atoms with Crippen LogP contribution in [0.15, 0.2) is 12.2 Å². The van der Waals surface area contributed by atoms with Crippen molar-refractivity contribution in [3.8, 4) is 0 Å². The molecule has 0 saturated carbocycles. The van der Waals surface area contributed by atoms with Crippen molar-refractivity contribution in [2.24, 2.45) is 0 Å². The van der Waals surface area contributed by atoms with E-state index >= 15 is 0 Å². The molecule has 3 nitrogen and oxygen atoms in total. The Balaban J connectivity index is 2.15. The van der Waals surface area contributed by atoms with Gasteiger partial charge in [0.25, 0.3) is 0 Å². The van der Waals surface area contributed by atoms with Crippen molar-refractivity contribution in [3.05, 3.63) is 12.2 Å². The smallest absolute Gasteiger partial charge is 0.135 e. The van der Waals surface area contributed by atoms with Crippen molar-refractivity contribution >= 4 is 5.78 Å². The van der Waals surface area contributed by atoms with E-state index in [1.807, 2.05) is 6.92 Å². The predicted molar refractivity (Wildman–Crippen MR) is 60.9 cm³/mol. The van der Waals surface area contributed by atoms with Crippen molar-refractivity contribution in [2.75, 3.05) is 26.3 Å². The summed E-state index contributed by atoms with van der Waals surface area (Å²) in [6.45, 7) is 11.0. The molecule has 0 spiro atoms. The van der Waals surface area contributed by atoms with Crippen LogP contribution >= 0.6 is 0 Å². The Bertz CT molecular complexity index is 238. The molecule has 0 aromatic rings. The van der Waals surface area contributed by atoms with Crippen molar-refractivity contribution in [2.45, 2.75) is 32.7 Å². The summed E-state index contributed by atoms with van der Waals surface area (Å²) in [5, 5.41) is 0. The highest BCUT2D eigenvalue weighted by Gasteiger charge is 2.22. The van der Waals surface area contributed by atoms with E-state index in [0.29, 0.717) is 31.3 Å². The topological polar surface area (TPSA) is 29.5 Å². The first-order chi connectivity index (χ1) is 7.09. The average Bonchev–Trinajstić information content (AvgIpc) is 2.14. The highest BCUT2D eigenvalue weighted by Crippen LogP contribution is 2.12. The van der Waals surface area contributed by atoms with Crippen LogP contribution in [0.4, 0.5) is 0 Å². The van der Waals surface area contributed by atoms with Gasteiger partial charge in [-0.3, -0.25) is 9.69 Å². The Hall–Kier alpha value is -0.670. The number of Topliss-reactive ketones (excluding diaryl/α,β-unsaturated/α-hetero) is 1. The summed E-state index contributed by atoms with van der Waals surface area (Å²) in [5.41, 5.74) is 1.05. The van der Waals surface area contributed by atoms with E-state index in [2.05, 4.69) is 18.4 Å². The molecule has 1 aliphatic heterocycles. The number of hydrogen-bond acceptors (Lipinski definition) is 3. The van der Waals surface area contributed by atoms with E-state index < -0.39 is 0 Å². The van der Waals surface area contributed by atoms with Gasteiger partial charge in [0.2, 0.25) is 0 Å². The Morgan fingerprint density at radius 1 is 1.67 bits per heavy atom. The number of ether oxygens (including phenoxy) is 1. The molecular formula is C12H21NO2. The molecular weight excluding hydrogens is 190 g/mol. The maximum atomic E-state index is 11.2. The minimum atomic E-state index is 0.375. The number of likely N-dealkylation sites (tertiary alicyclic amines) is 1. The van der Waals surface area contributed by atoms with Gasteiger partial charge in [-0.2, -0.15) is 0 Å². The van der Waals surface area contributed by atoms with E-state index in [0.717, 1.165) is 25.3 Å². The van der Waals surface area contributed by atoms with Gasteiger partial charge in [-0.1, -0.05) is 12.2 Å². The van der Waals surface area contributed by atoms with E-state index in [-0.39, 0.29) is 0 Å². The van der Waals surface area contributed by atoms with Gasteiger partial charge in [-0.05, 0) is 13.8 Å². The SMILES string of the molecule is C=C(C)COCCN1CCC(=O)CC1C. The maximum absolute atomic E-state index is 11.2. The molecule has 1 aliphatic rings. The van der Waals surface area contributed by atoms with Crippen molar-refractivity contribution < 1.29 is 9.53 Å². The Kier molecular flexibility index (Phi) is 4.99. The molecule has 1 rings (SSSR count). The highest BCUT2D eigenvalue weighted by atomic mass is 16.5. The third-order valence-electron chi connectivity index (χ3n) is 2.70. The summed E-state index contributed by atoms with van der Waals surface area (Å²) in [5.74, 6) is 0.390. The van der Waals surface area contributed by atoms with Gasteiger partial charge in [0, 0.05) is 32.0 Å². The van der Waals surface area contributed by atoms with Crippen LogP contribution in [0, 0.1) is 0 Å². The van der Waals surface area contributed by atoms with Gasteiger partial charge in [0.1, 0.15) is 5.78 Å². The Labute approximate surface area is 92.1 Å². The summed E-state index contributed by atoms with van der Waals surface area (Å²) in [7, 11) is 0. The lowest BCUT2D eigenvalue weighted by atomic mass is 10.0. The molecule has 1 atom stereocenters. The second kappa shape index (κ2) is 6.03. The third-order valence-corrected chi connectivity index (χ3v) is 2.70. The molecule has 1 fully saturated rings. The summed E-state index contributed by atoms with van der Waals surface area (Å²) in [6.07, 6.45) is 1.39. The Morgan fingerprint density at radius 2 is 2.40 bits per heavy atom. The predicted octanol–water partition coefficient (Wildman–Crippen LogP) is 1.63. The van der Waals surface area contributed by atoms with Crippen molar-refractivity contribution in [1.29, 1.82) is 0 Å². The molecule has 1 heterocycles. The lowest BCUT2D eigenvalue weighted by Crippen LogP contribution is -2.42. The third kappa shape index (κ3) is 4.58. The van der Waals surface area contributed by atoms with Gasteiger partial charge in [0.15, 0.2) is 0 Å². The molecule has 0 radical (unpaired) electrons. The van der Waals surface area contributed by atoms with Gasteiger partial charge < -0.3 is 4.74 Å². The lowest BCUT2D eigenvalue weighted by Gasteiger charge is -2.32. The molecule has 0 aliphatic carbocycles. The van der Waals surface area contributed by atoms with Gasteiger partial charge in [-0.15, -0.1) is 0 Å². The zero-order chi connectivity index (χ0) is 11.3. The number of ketones is 1. The van der Waals surface area contributed by atoms with E-state index in [4.69, 9.17) is 4.74 Å². The molecule has 0 amide bonds. The minimum Gasteiger partial charge on any atom is -0.376 e. The van der Waals surface area contributed by atoms with E-state index in [1.165, 1.54) is 0 Å². The molecule has 0 N–H and O–H groups in total. The number of carbonyl (C=O) groups excluding carboxylic acids is 1. The molecule has 86 valence electrons. The first-order valence-corrected chi connectivity index (χ1v) is 5.57. The number of rotatable bonds is 5. The molecule has 15 heavy (non-hydrogen) atoms. The lowest BCUT2D eigenvalue weighted by molar-refractivity contribution is -0.123. The van der Waals surface area contributed by atoms with E-state index in [1.54, 1.807) is 0 Å². The van der Waals surface area contributed by atoms with Crippen molar-refractivity contribution in [3.63, 3.8) is 0 Å². The molecule has 3 heteroatoms. The van der Waals surface area contributed by atoms with Gasteiger partial charge in [0.05, 0.1) is 13.2 Å². The van der Waals surface area contributed by atoms with Crippen LogP contribution in [0.1, 0.15) is 26.7 Å². The first kappa shape index (κ1) is 12.4. The second-order valence-corrected chi connectivity index (χ2v) is 4.39. The summed E-state index contributed by atoms with van der Waals surface area (Å²) in [4.78, 5) is 13.5. The van der Waals surface area contributed by atoms with Crippen LogP contribution in [0.5, 0.6) is 0 Å². The van der Waals surface area contributed by atoms with Crippen LogP contribution in [-0.4, -0.2) is 43.0 Å². The highest BCUT2D eigenvalue weighted by molar-refractivity contribution is 5.79. The first-order valence-electron chi connectivity index (χ1n) is 5.57. The monoisotopic (exact) mass is 211 g/mol. The van der Waals surface area contributed by atoms with Crippen molar-refractivity contribution in [1.82, 2.24) is 4.90 Å². The van der Waals surface area contributed by atoms with Crippen LogP contribution in [0.2, 0.25) is 0 Å². The largest absolute Gasteiger partial charge is 0.376 e. The minimum absolute atomic E-state index is 0.375. The summed E-state index contributed by atoms with van der Waals surface area (Å²) >= 11 is 0. The molecule has 0 aromatic carbocycles. The summed E-state index contributed by atoms with van der Waals surface area (Å²) < 4.78 is 5.45. The standard InChI is InChI=1S/C12H21NO2/c1-10(2)9-15-7-6-13-5-4-12(14)8-11(13)3/h11H,1,4-9H2,2-3H3. The van der Waals surface area contributed by atoms with Crippen LogP contribution < -0.4 is 0 Å². The number of carbonyl (C=O) groups is 1. The fourth-order valence-electron chi connectivity index (χ4n) is 1.81. The molecule has 1 unspecified atom stereocenters. The van der Waals surface area contributed by atoms with Gasteiger partial charge >= 0.3 is 0 Å². The van der Waals surface area contributed by atoms with E-state index in [9.17, 15) is 4.79 Å². The summed E-state index contributed by atoms with van der Waals surface area (Å²) in [6, 6.07) is 0.375. The zero-order valence-electron chi connectivity index (χ0n) is 9.79. The fraction of sp³-hybridized carbons (Fsp3) is 0.750. The maximum Gasteiger partial charge on any atom is 0.135 e. The molecule has 1 saturated heterocycles. The molecule has 0 bridgehead atoms. The number of piperidine rings is 1. The molecule has 0 aromatic heterocycles. The quantitative estimate of drug-likeness (QED) is 0.511. The fourth-order valence-corrected chi connectivity index (χ4v) is 1.81.